The van der Waals surface area contributed by atoms with Gasteiger partial charge >= 0.3 is 5.97 Å². The van der Waals surface area contributed by atoms with Crippen molar-refractivity contribution < 1.29 is 14.7 Å². The SMILES string of the molecule is CC(C)(C)CC1CC(=O)Nc2c(cccc2C(=O)O)N1. The van der Waals surface area contributed by atoms with Crippen LogP contribution in [0.4, 0.5) is 11.4 Å². The van der Waals surface area contributed by atoms with Crippen molar-refractivity contribution in [2.45, 2.75) is 39.7 Å². The van der Waals surface area contributed by atoms with Gasteiger partial charge in [-0.3, -0.25) is 4.79 Å². The average molecular weight is 276 g/mol. The van der Waals surface area contributed by atoms with Crippen LogP contribution in [0.25, 0.3) is 0 Å². The molecule has 0 spiro atoms. The molecule has 1 aliphatic rings. The van der Waals surface area contributed by atoms with Crippen LogP contribution in [0.15, 0.2) is 18.2 Å². The molecule has 2 rings (SSSR count). The summed E-state index contributed by atoms with van der Waals surface area (Å²) in [6.45, 7) is 6.35. The third kappa shape index (κ3) is 3.29. The standard InChI is InChI=1S/C15H20N2O3/c1-15(2,3)8-9-7-12(18)17-13-10(14(19)20)5-4-6-11(13)16-9/h4-6,9,16H,7-8H2,1-3H3,(H,17,18)(H,19,20). The van der Waals surface area contributed by atoms with E-state index in [-0.39, 0.29) is 22.9 Å². The number of amides is 1. The molecule has 1 aliphatic heterocycles. The molecule has 0 fully saturated rings. The first kappa shape index (κ1) is 14.4. The van der Waals surface area contributed by atoms with Crippen molar-refractivity contribution in [3.8, 4) is 0 Å². The predicted molar refractivity (Wildman–Crippen MR) is 78.1 cm³/mol. The first-order valence-corrected chi connectivity index (χ1v) is 6.69. The minimum Gasteiger partial charge on any atom is -0.478 e. The molecule has 20 heavy (non-hydrogen) atoms. The number of para-hydroxylation sites is 1. The van der Waals surface area contributed by atoms with Crippen molar-refractivity contribution in [1.82, 2.24) is 0 Å². The summed E-state index contributed by atoms with van der Waals surface area (Å²) in [6.07, 6.45) is 1.17. The van der Waals surface area contributed by atoms with Gasteiger partial charge in [0.2, 0.25) is 5.91 Å². The smallest absolute Gasteiger partial charge is 0.337 e. The van der Waals surface area contributed by atoms with Gasteiger partial charge in [-0.2, -0.15) is 0 Å². The Morgan fingerprint density at radius 2 is 2.10 bits per heavy atom. The number of carbonyl (C=O) groups is 2. The molecule has 1 aromatic rings. The number of carboxylic acid groups (broad SMARTS) is 1. The second-order valence-electron chi connectivity index (χ2n) is 6.39. The van der Waals surface area contributed by atoms with E-state index in [0.717, 1.165) is 6.42 Å². The lowest BCUT2D eigenvalue weighted by molar-refractivity contribution is -0.116. The predicted octanol–water partition coefficient (Wildman–Crippen LogP) is 2.94. The molecule has 1 heterocycles. The molecule has 1 atom stereocenters. The molecule has 0 aliphatic carbocycles. The van der Waals surface area contributed by atoms with Gasteiger partial charge in [0.25, 0.3) is 0 Å². The second kappa shape index (κ2) is 5.15. The molecule has 0 aromatic heterocycles. The Balaban J connectivity index is 2.36. The van der Waals surface area contributed by atoms with Crippen LogP contribution >= 0.6 is 0 Å². The number of carbonyl (C=O) groups excluding carboxylic acids is 1. The van der Waals surface area contributed by atoms with Crippen LogP contribution in [0.5, 0.6) is 0 Å². The van der Waals surface area contributed by atoms with Crippen molar-refractivity contribution in [3.63, 3.8) is 0 Å². The minimum atomic E-state index is -1.04. The summed E-state index contributed by atoms with van der Waals surface area (Å²) in [4.78, 5) is 23.2. The number of nitrogens with one attached hydrogen (secondary N) is 2. The van der Waals surface area contributed by atoms with Crippen LogP contribution in [-0.4, -0.2) is 23.0 Å². The van der Waals surface area contributed by atoms with Gasteiger partial charge in [0.1, 0.15) is 0 Å². The molecule has 108 valence electrons. The van der Waals surface area contributed by atoms with Gasteiger partial charge in [-0.15, -0.1) is 0 Å². The molecule has 0 saturated carbocycles. The molecule has 1 amide bonds. The van der Waals surface area contributed by atoms with E-state index in [1.54, 1.807) is 12.1 Å². The van der Waals surface area contributed by atoms with Crippen LogP contribution < -0.4 is 10.6 Å². The maximum atomic E-state index is 12.0. The van der Waals surface area contributed by atoms with Crippen LogP contribution in [0, 0.1) is 5.41 Å². The highest BCUT2D eigenvalue weighted by Gasteiger charge is 2.27. The Bertz CT molecular complexity index is 547. The van der Waals surface area contributed by atoms with E-state index in [0.29, 0.717) is 17.8 Å². The van der Waals surface area contributed by atoms with Gasteiger partial charge in [0.15, 0.2) is 0 Å². The van der Waals surface area contributed by atoms with E-state index in [1.165, 1.54) is 6.07 Å². The van der Waals surface area contributed by atoms with Gasteiger partial charge in [0.05, 0.1) is 16.9 Å². The van der Waals surface area contributed by atoms with Crippen LogP contribution in [0.2, 0.25) is 0 Å². The molecule has 0 radical (unpaired) electrons. The fourth-order valence-electron chi connectivity index (χ4n) is 2.53. The average Bonchev–Trinajstić information content (AvgIpc) is 2.42. The fourth-order valence-corrected chi connectivity index (χ4v) is 2.53. The summed E-state index contributed by atoms with van der Waals surface area (Å²) in [7, 11) is 0. The van der Waals surface area contributed by atoms with E-state index in [2.05, 4.69) is 31.4 Å². The maximum absolute atomic E-state index is 12.0. The number of rotatable bonds is 2. The Labute approximate surface area is 118 Å². The molecule has 5 heteroatoms. The highest BCUT2D eigenvalue weighted by molar-refractivity contribution is 6.05. The molecular formula is C15H20N2O3. The summed E-state index contributed by atoms with van der Waals surface area (Å²) in [6, 6.07) is 4.97. The maximum Gasteiger partial charge on any atom is 0.337 e. The second-order valence-corrected chi connectivity index (χ2v) is 6.39. The zero-order valence-electron chi connectivity index (χ0n) is 12.0. The van der Waals surface area contributed by atoms with Crippen LogP contribution in [-0.2, 0) is 4.79 Å². The number of aromatic carboxylic acids is 1. The molecule has 3 N–H and O–H groups in total. The van der Waals surface area contributed by atoms with Gasteiger partial charge in [-0.1, -0.05) is 26.8 Å². The topological polar surface area (TPSA) is 78.4 Å². The monoisotopic (exact) mass is 276 g/mol. The summed E-state index contributed by atoms with van der Waals surface area (Å²) >= 11 is 0. The van der Waals surface area contributed by atoms with Crippen molar-refractivity contribution in [3.05, 3.63) is 23.8 Å². The molecule has 0 saturated heterocycles. The zero-order chi connectivity index (χ0) is 14.9. The summed E-state index contributed by atoms with van der Waals surface area (Å²) in [5.41, 5.74) is 1.23. The van der Waals surface area contributed by atoms with Crippen molar-refractivity contribution in [2.24, 2.45) is 5.41 Å². The quantitative estimate of drug-likeness (QED) is 0.776. The lowest BCUT2D eigenvalue weighted by Gasteiger charge is -2.25. The van der Waals surface area contributed by atoms with E-state index >= 15 is 0 Å². The van der Waals surface area contributed by atoms with Crippen LogP contribution in [0.3, 0.4) is 0 Å². The van der Waals surface area contributed by atoms with E-state index in [4.69, 9.17) is 0 Å². The van der Waals surface area contributed by atoms with Crippen molar-refractivity contribution >= 4 is 23.3 Å². The molecule has 1 unspecified atom stereocenters. The zero-order valence-corrected chi connectivity index (χ0v) is 12.0. The Kier molecular flexibility index (Phi) is 3.70. The number of anilines is 2. The molecule has 0 bridgehead atoms. The minimum absolute atomic E-state index is 0.000273. The van der Waals surface area contributed by atoms with E-state index < -0.39 is 5.97 Å². The van der Waals surface area contributed by atoms with Gasteiger partial charge in [-0.25, -0.2) is 4.79 Å². The number of benzene rings is 1. The van der Waals surface area contributed by atoms with Crippen molar-refractivity contribution in [1.29, 1.82) is 0 Å². The lowest BCUT2D eigenvalue weighted by Crippen LogP contribution is -2.27. The fraction of sp³-hybridized carbons (Fsp3) is 0.467. The van der Waals surface area contributed by atoms with Crippen LogP contribution in [0.1, 0.15) is 44.0 Å². The number of hydrogen-bond donors (Lipinski definition) is 3. The first-order valence-electron chi connectivity index (χ1n) is 6.69. The highest BCUT2D eigenvalue weighted by Crippen LogP contribution is 2.33. The van der Waals surface area contributed by atoms with Gasteiger partial charge in [0, 0.05) is 12.5 Å². The third-order valence-corrected chi connectivity index (χ3v) is 3.21. The normalized spacial score (nSPS) is 18.6. The third-order valence-electron chi connectivity index (χ3n) is 3.21. The lowest BCUT2D eigenvalue weighted by atomic mass is 9.87. The Morgan fingerprint density at radius 3 is 2.70 bits per heavy atom. The number of hydrogen-bond acceptors (Lipinski definition) is 3. The van der Waals surface area contributed by atoms with Gasteiger partial charge < -0.3 is 15.7 Å². The Hall–Kier alpha value is -2.04. The van der Waals surface area contributed by atoms with E-state index in [9.17, 15) is 14.7 Å². The molecule has 5 nitrogen and oxygen atoms in total. The summed E-state index contributed by atoms with van der Waals surface area (Å²) in [5.74, 6) is -1.20. The van der Waals surface area contributed by atoms with E-state index in [1.807, 2.05) is 0 Å². The van der Waals surface area contributed by atoms with Crippen molar-refractivity contribution in [2.75, 3.05) is 10.6 Å². The number of carboxylic acids is 1. The largest absolute Gasteiger partial charge is 0.478 e. The van der Waals surface area contributed by atoms with Gasteiger partial charge in [-0.05, 0) is 24.0 Å². The summed E-state index contributed by atoms with van der Waals surface area (Å²) in [5, 5.41) is 15.2. The first-order chi connectivity index (χ1) is 9.26. The molecule has 1 aromatic carbocycles. The highest BCUT2D eigenvalue weighted by atomic mass is 16.4. The summed E-state index contributed by atoms with van der Waals surface area (Å²) < 4.78 is 0. The molecular weight excluding hydrogens is 256 g/mol. The Morgan fingerprint density at radius 1 is 1.40 bits per heavy atom. The number of fused-ring (bicyclic) bond motifs is 1.